The number of ether oxygens (including phenoxy) is 1. The molecule has 1 fully saturated rings. The summed E-state index contributed by atoms with van der Waals surface area (Å²) in [6.45, 7) is -0.262. The molecule has 0 bridgehead atoms. The Kier molecular flexibility index (Phi) is 6.62. The van der Waals surface area contributed by atoms with Gasteiger partial charge in [0.1, 0.15) is 18.3 Å². The van der Waals surface area contributed by atoms with Gasteiger partial charge < -0.3 is 20.5 Å². The van der Waals surface area contributed by atoms with Crippen LogP contribution in [-0.2, 0) is 25.5 Å². The molecule has 0 aromatic heterocycles. The SMILES string of the molecule is COC(=O)CNC(=O)[C@@H]1C[C@]2(O)c3ccccc3N[C@@H]2N1C(c1ccccc1)(c1ccccc1)c1ccccc1. The summed E-state index contributed by atoms with van der Waals surface area (Å²) < 4.78 is 4.78. The van der Waals surface area contributed by atoms with Gasteiger partial charge in [0.2, 0.25) is 5.91 Å². The molecular weight excluding hydrogens is 502 g/mol. The normalized spacial score (nSPS) is 21.6. The molecule has 4 aromatic rings. The van der Waals surface area contributed by atoms with Gasteiger partial charge in [-0.3, -0.25) is 14.5 Å². The molecule has 202 valence electrons. The lowest BCUT2D eigenvalue weighted by Gasteiger charge is -2.48. The Balaban J connectivity index is 1.63. The van der Waals surface area contributed by atoms with Crippen molar-refractivity contribution < 1.29 is 19.4 Å². The number of esters is 1. The first-order chi connectivity index (χ1) is 19.5. The number of nitrogens with zero attached hydrogens (tertiary/aromatic N) is 1. The van der Waals surface area contributed by atoms with Gasteiger partial charge in [0.05, 0.1) is 18.7 Å². The average molecular weight is 534 g/mol. The number of carbonyl (C=O) groups is 2. The summed E-state index contributed by atoms with van der Waals surface area (Å²) >= 11 is 0. The van der Waals surface area contributed by atoms with Gasteiger partial charge in [0.15, 0.2) is 0 Å². The molecule has 0 spiro atoms. The number of hydrogen-bond donors (Lipinski definition) is 3. The lowest BCUT2D eigenvalue weighted by atomic mass is 9.74. The summed E-state index contributed by atoms with van der Waals surface area (Å²) in [5.74, 6) is -0.902. The molecule has 40 heavy (non-hydrogen) atoms. The highest BCUT2D eigenvalue weighted by atomic mass is 16.5. The fraction of sp³-hybridized carbons (Fsp3) is 0.212. The van der Waals surface area contributed by atoms with Crippen LogP contribution in [0.2, 0.25) is 0 Å². The fourth-order valence-electron chi connectivity index (χ4n) is 6.48. The minimum atomic E-state index is -1.37. The highest BCUT2D eigenvalue weighted by Crippen LogP contribution is 2.56. The standard InChI is InChI=1S/C33H31N3O4/c1-40-29(37)22-34-30(38)28-21-32(39)26-19-11-12-20-27(26)35-31(32)36(28)33(23-13-5-2-6-14-23,24-15-7-3-8-16-24)25-17-9-4-10-18-25/h2-20,28,31,35,39H,21-22H2,1H3,(H,34,38)/t28-,31+,32-/m0/s1. The molecule has 2 heterocycles. The Bertz CT molecular complexity index is 1420. The van der Waals surface area contributed by atoms with E-state index in [2.05, 4.69) is 51.9 Å². The van der Waals surface area contributed by atoms with E-state index < -0.39 is 29.3 Å². The zero-order valence-electron chi connectivity index (χ0n) is 22.2. The summed E-state index contributed by atoms with van der Waals surface area (Å²) in [5.41, 5.74) is 2.06. The van der Waals surface area contributed by atoms with Crippen LogP contribution in [0.3, 0.4) is 0 Å². The molecule has 1 amide bonds. The van der Waals surface area contributed by atoms with Crippen LogP contribution in [0.1, 0.15) is 28.7 Å². The third kappa shape index (κ3) is 3.97. The molecule has 7 heteroatoms. The second kappa shape index (κ2) is 10.3. The summed E-state index contributed by atoms with van der Waals surface area (Å²) in [6.07, 6.45) is -0.525. The number of methoxy groups -OCH3 is 1. The van der Waals surface area contributed by atoms with Crippen LogP contribution in [-0.4, -0.2) is 47.7 Å². The van der Waals surface area contributed by atoms with Gasteiger partial charge in [-0.1, -0.05) is 109 Å². The number of likely N-dealkylation sites (tertiary alicyclic amines) is 1. The summed E-state index contributed by atoms with van der Waals surface area (Å²) in [7, 11) is 1.29. The van der Waals surface area contributed by atoms with Crippen molar-refractivity contribution in [3.63, 3.8) is 0 Å². The summed E-state index contributed by atoms with van der Waals surface area (Å²) in [4.78, 5) is 28.1. The van der Waals surface area contributed by atoms with Crippen molar-refractivity contribution in [3.8, 4) is 0 Å². The Labute approximate surface area is 233 Å². The summed E-state index contributed by atoms with van der Waals surface area (Å²) in [6, 6.07) is 37.1. The smallest absolute Gasteiger partial charge is 0.325 e. The van der Waals surface area contributed by atoms with Crippen LogP contribution in [0.25, 0.3) is 0 Å². The maximum Gasteiger partial charge on any atom is 0.325 e. The van der Waals surface area contributed by atoms with Gasteiger partial charge in [-0.05, 0) is 22.8 Å². The molecule has 3 N–H and O–H groups in total. The van der Waals surface area contributed by atoms with E-state index in [4.69, 9.17) is 4.74 Å². The molecule has 7 nitrogen and oxygen atoms in total. The lowest BCUT2D eigenvalue weighted by Crippen LogP contribution is -2.60. The van der Waals surface area contributed by atoms with Crippen molar-refractivity contribution in [2.75, 3.05) is 19.0 Å². The number of fused-ring (bicyclic) bond motifs is 3. The molecule has 1 saturated heterocycles. The van der Waals surface area contributed by atoms with Gasteiger partial charge in [-0.2, -0.15) is 0 Å². The molecule has 3 atom stereocenters. The van der Waals surface area contributed by atoms with E-state index in [0.29, 0.717) is 0 Å². The van der Waals surface area contributed by atoms with Gasteiger partial charge in [-0.15, -0.1) is 0 Å². The quantitative estimate of drug-likeness (QED) is 0.246. The number of carbonyl (C=O) groups excluding carboxylic acids is 2. The third-order valence-electron chi connectivity index (χ3n) is 8.16. The van der Waals surface area contributed by atoms with Crippen molar-refractivity contribution in [3.05, 3.63) is 138 Å². The highest BCUT2D eigenvalue weighted by molar-refractivity contribution is 5.87. The molecule has 0 saturated carbocycles. The third-order valence-corrected chi connectivity index (χ3v) is 8.16. The lowest BCUT2D eigenvalue weighted by molar-refractivity contribution is -0.142. The number of amides is 1. The number of para-hydroxylation sites is 1. The van der Waals surface area contributed by atoms with E-state index in [1.54, 1.807) is 0 Å². The van der Waals surface area contributed by atoms with Crippen LogP contribution in [0.4, 0.5) is 5.69 Å². The van der Waals surface area contributed by atoms with E-state index in [-0.39, 0.29) is 18.9 Å². The molecule has 0 aliphatic carbocycles. The molecule has 0 radical (unpaired) electrons. The van der Waals surface area contributed by atoms with Gasteiger partial charge in [0.25, 0.3) is 0 Å². The first-order valence-electron chi connectivity index (χ1n) is 13.4. The van der Waals surface area contributed by atoms with Crippen LogP contribution < -0.4 is 10.6 Å². The van der Waals surface area contributed by atoms with Crippen LogP contribution >= 0.6 is 0 Å². The molecular formula is C33H31N3O4. The van der Waals surface area contributed by atoms with Crippen molar-refractivity contribution in [1.82, 2.24) is 10.2 Å². The van der Waals surface area contributed by atoms with Gasteiger partial charge >= 0.3 is 5.97 Å². The number of benzene rings is 4. The predicted octanol–water partition coefficient (Wildman–Crippen LogP) is 3.98. The molecule has 4 aromatic carbocycles. The van der Waals surface area contributed by atoms with Gasteiger partial charge in [-0.25, -0.2) is 0 Å². The number of hydrogen-bond acceptors (Lipinski definition) is 6. The fourth-order valence-corrected chi connectivity index (χ4v) is 6.48. The van der Waals surface area contributed by atoms with E-state index in [9.17, 15) is 14.7 Å². The Morgan fingerprint density at radius 3 is 1.90 bits per heavy atom. The second-order valence-corrected chi connectivity index (χ2v) is 10.2. The zero-order chi connectivity index (χ0) is 27.7. The Morgan fingerprint density at radius 2 is 1.38 bits per heavy atom. The largest absolute Gasteiger partial charge is 0.468 e. The molecule has 2 aliphatic heterocycles. The maximum atomic E-state index is 14.0. The van der Waals surface area contributed by atoms with E-state index >= 15 is 0 Å². The summed E-state index contributed by atoms with van der Waals surface area (Å²) in [5, 5.41) is 18.8. The number of aliphatic hydroxyl groups is 1. The second-order valence-electron chi connectivity index (χ2n) is 10.2. The maximum absolute atomic E-state index is 14.0. The minimum absolute atomic E-state index is 0.128. The number of rotatable bonds is 7. The predicted molar refractivity (Wildman–Crippen MR) is 152 cm³/mol. The van der Waals surface area contributed by atoms with E-state index in [0.717, 1.165) is 27.9 Å². The van der Waals surface area contributed by atoms with Crippen LogP contribution in [0.15, 0.2) is 115 Å². The number of anilines is 1. The van der Waals surface area contributed by atoms with Crippen molar-refractivity contribution in [2.24, 2.45) is 0 Å². The molecule has 6 rings (SSSR count). The molecule has 0 unspecified atom stereocenters. The van der Waals surface area contributed by atoms with Crippen molar-refractivity contribution >= 4 is 17.6 Å². The van der Waals surface area contributed by atoms with Crippen LogP contribution in [0, 0.1) is 0 Å². The van der Waals surface area contributed by atoms with Gasteiger partial charge in [0, 0.05) is 17.7 Å². The minimum Gasteiger partial charge on any atom is -0.468 e. The van der Waals surface area contributed by atoms with Crippen molar-refractivity contribution in [2.45, 2.75) is 29.8 Å². The first kappa shape index (κ1) is 25.8. The monoisotopic (exact) mass is 533 g/mol. The topological polar surface area (TPSA) is 90.9 Å². The Hall–Kier alpha value is -4.46. The van der Waals surface area contributed by atoms with E-state index in [1.165, 1.54) is 7.11 Å². The first-order valence-corrected chi connectivity index (χ1v) is 13.4. The van der Waals surface area contributed by atoms with Crippen molar-refractivity contribution in [1.29, 1.82) is 0 Å². The van der Waals surface area contributed by atoms with E-state index in [1.807, 2.05) is 78.9 Å². The van der Waals surface area contributed by atoms with Crippen LogP contribution in [0.5, 0.6) is 0 Å². The number of nitrogens with one attached hydrogen (secondary N) is 2. The molecule has 2 aliphatic rings. The zero-order valence-corrected chi connectivity index (χ0v) is 22.2. The highest BCUT2D eigenvalue weighted by Gasteiger charge is 2.64. The average Bonchev–Trinajstić information content (AvgIpc) is 3.47. The Morgan fingerprint density at radius 1 is 0.875 bits per heavy atom.